The summed E-state index contributed by atoms with van der Waals surface area (Å²) in [5.74, 6) is 1.84. The Balaban J connectivity index is 1.39. The number of carbonyl (C=O) groups is 1. The predicted molar refractivity (Wildman–Crippen MR) is 157 cm³/mol. The van der Waals surface area contributed by atoms with Gasteiger partial charge in [-0.2, -0.15) is 0 Å². The van der Waals surface area contributed by atoms with E-state index in [4.69, 9.17) is 14.2 Å². The van der Waals surface area contributed by atoms with Gasteiger partial charge in [0.15, 0.2) is 0 Å². The lowest BCUT2D eigenvalue weighted by Gasteiger charge is -2.11. The topological polar surface area (TPSA) is 44.8 Å². The van der Waals surface area contributed by atoms with Crippen LogP contribution < -0.4 is 9.47 Å². The monoisotopic (exact) mass is 518 g/mol. The fourth-order valence-corrected chi connectivity index (χ4v) is 4.31. The van der Waals surface area contributed by atoms with E-state index in [0.717, 1.165) is 47.3 Å². The molecule has 1 atom stereocenters. The van der Waals surface area contributed by atoms with Crippen molar-refractivity contribution in [2.75, 3.05) is 13.2 Å². The summed E-state index contributed by atoms with van der Waals surface area (Å²) in [4.78, 5) is 12.2. The largest absolute Gasteiger partial charge is 0.494 e. The lowest BCUT2D eigenvalue weighted by Crippen LogP contribution is -2.11. The zero-order chi connectivity index (χ0) is 27.0. The van der Waals surface area contributed by atoms with Gasteiger partial charge >= 0.3 is 5.97 Å². The summed E-state index contributed by atoms with van der Waals surface area (Å²) in [6.07, 6.45) is 12.9. The molecule has 0 aromatic heterocycles. The van der Waals surface area contributed by atoms with Gasteiger partial charge in [0, 0.05) is 0 Å². The van der Waals surface area contributed by atoms with Crippen LogP contribution in [-0.4, -0.2) is 19.2 Å². The number of unbranched alkanes of at least 4 members (excludes halogenated alkanes) is 8. The third-order valence-corrected chi connectivity index (χ3v) is 7.09. The minimum Gasteiger partial charge on any atom is -0.494 e. The lowest BCUT2D eigenvalue weighted by atomic mass is 10.1. The molecular weight excluding hydrogens is 472 g/mol. The molecule has 0 aliphatic rings. The summed E-state index contributed by atoms with van der Waals surface area (Å²) in [5.41, 5.74) is 1.57. The maximum absolute atomic E-state index is 12.2. The Hall–Kier alpha value is -3.01. The molecule has 0 aliphatic carbocycles. The minimum absolute atomic E-state index is 0.274. The van der Waals surface area contributed by atoms with Gasteiger partial charge in [0.2, 0.25) is 0 Å². The van der Waals surface area contributed by atoms with Crippen molar-refractivity contribution in [1.82, 2.24) is 0 Å². The number of esters is 1. The van der Waals surface area contributed by atoms with Crippen LogP contribution in [0.3, 0.4) is 0 Å². The SMILES string of the molecule is CCCCCCCCCCCOc1ccc2cc(OCc3ccc(C(=O)OC[C@H](C)CC)cc3)ccc2c1. The molecule has 3 rings (SSSR count). The van der Waals surface area contributed by atoms with Crippen LogP contribution in [0.4, 0.5) is 0 Å². The summed E-state index contributed by atoms with van der Waals surface area (Å²) in [6, 6.07) is 19.8. The third-order valence-electron chi connectivity index (χ3n) is 7.09. The molecule has 0 radical (unpaired) electrons. The minimum atomic E-state index is -0.274. The number of rotatable bonds is 18. The third kappa shape index (κ3) is 10.4. The van der Waals surface area contributed by atoms with Gasteiger partial charge in [0.05, 0.1) is 18.8 Å². The molecule has 206 valence electrons. The van der Waals surface area contributed by atoms with Crippen LogP contribution >= 0.6 is 0 Å². The molecule has 4 heteroatoms. The molecular formula is C34H46O4. The van der Waals surface area contributed by atoms with Crippen molar-refractivity contribution in [3.63, 3.8) is 0 Å². The molecule has 0 spiro atoms. The van der Waals surface area contributed by atoms with Crippen LogP contribution in [0.25, 0.3) is 10.8 Å². The van der Waals surface area contributed by atoms with Gasteiger partial charge in [-0.1, -0.05) is 103 Å². The van der Waals surface area contributed by atoms with E-state index in [1.807, 2.05) is 24.3 Å². The number of benzene rings is 3. The van der Waals surface area contributed by atoms with Crippen LogP contribution in [0.5, 0.6) is 11.5 Å². The number of hydrogen-bond acceptors (Lipinski definition) is 4. The molecule has 0 heterocycles. The smallest absolute Gasteiger partial charge is 0.338 e. The molecule has 3 aromatic rings. The predicted octanol–water partition coefficient (Wildman–Crippen LogP) is 9.53. The van der Waals surface area contributed by atoms with Crippen molar-refractivity contribution in [2.24, 2.45) is 5.92 Å². The van der Waals surface area contributed by atoms with E-state index < -0.39 is 0 Å². The first-order valence-corrected chi connectivity index (χ1v) is 14.6. The first-order valence-electron chi connectivity index (χ1n) is 14.6. The first kappa shape index (κ1) is 29.5. The normalized spacial score (nSPS) is 11.9. The number of ether oxygens (including phenoxy) is 3. The standard InChI is InChI=1S/C34H46O4/c1-4-6-7-8-9-10-11-12-13-22-36-32-20-18-31-24-33(21-19-30(31)23-32)37-26-28-14-16-29(17-15-28)34(35)38-25-27(3)5-2/h14-21,23-24,27H,4-13,22,25-26H2,1-3H3/t27-/m1/s1. The van der Waals surface area contributed by atoms with Gasteiger partial charge in [0.1, 0.15) is 18.1 Å². The van der Waals surface area contributed by atoms with E-state index in [2.05, 4.69) is 45.0 Å². The van der Waals surface area contributed by atoms with E-state index >= 15 is 0 Å². The van der Waals surface area contributed by atoms with Gasteiger partial charge in [0.25, 0.3) is 0 Å². The Morgan fingerprint density at radius 3 is 1.89 bits per heavy atom. The molecule has 0 bridgehead atoms. The highest BCUT2D eigenvalue weighted by molar-refractivity contribution is 5.89. The summed E-state index contributed by atoms with van der Waals surface area (Å²) < 4.78 is 17.4. The van der Waals surface area contributed by atoms with Crippen molar-refractivity contribution in [3.8, 4) is 11.5 Å². The molecule has 3 aromatic carbocycles. The Kier molecular flexibility index (Phi) is 13.0. The van der Waals surface area contributed by atoms with E-state index in [-0.39, 0.29) is 5.97 Å². The van der Waals surface area contributed by atoms with Gasteiger partial charge in [-0.05, 0) is 65.1 Å². The average molecular weight is 519 g/mol. The number of fused-ring (bicyclic) bond motifs is 1. The average Bonchev–Trinajstić information content (AvgIpc) is 2.95. The van der Waals surface area contributed by atoms with Gasteiger partial charge in [-0.3, -0.25) is 0 Å². The Morgan fingerprint density at radius 1 is 0.711 bits per heavy atom. The lowest BCUT2D eigenvalue weighted by molar-refractivity contribution is 0.0447. The van der Waals surface area contributed by atoms with Crippen molar-refractivity contribution in [2.45, 2.75) is 91.6 Å². The molecule has 0 saturated carbocycles. The summed E-state index contributed by atoms with van der Waals surface area (Å²) >= 11 is 0. The highest BCUT2D eigenvalue weighted by Gasteiger charge is 2.09. The maximum atomic E-state index is 12.2. The molecule has 0 fully saturated rings. The fraction of sp³-hybridized carbons (Fsp3) is 0.500. The Bertz CT molecular complexity index is 1090. The number of carbonyl (C=O) groups excluding carboxylic acids is 1. The second-order valence-corrected chi connectivity index (χ2v) is 10.4. The Labute approximate surface area is 229 Å². The number of hydrogen-bond donors (Lipinski definition) is 0. The second-order valence-electron chi connectivity index (χ2n) is 10.4. The second kappa shape index (κ2) is 16.8. The highest BCUT2D eigenvalue weighted by atomic mass is 16.5. The van der Waals surface area contributed by atoms with Crippen molar-refractivity contribution in [3.05, 3.63) is 71.8 Å². The van der Waals surface area contributed by atoms with Crippen molar-refractivity contribution in [1.29, 1.82) is 0 Å². The van der Waals surface area contributed by atoms with Crippen LogP contribution in [0.15, 0.2) is 60.7 Å². The van der Waals surface area contributed by atoms with Gasteiger partial charge in [-0.15, -0.1) is 0 Å². The molecule has 0 amide bonds. The first-order chi connectivity index (χ1) is 18.6. The molecule has 0 unspecified atom stereocenters. The molecule has 0 N–H and O–H groups in total. The highest BCUT2D eigenvalue weighted by Crippen LogP contribution is 2.26. The zero-order valence-electron chi connectivity index (χ0n) is 23.7. The summed E-state index contributed by atoms with van der Waals surface area (Å²) in [5, 5.41) is 2.26. The molecule has 0 aliphatic heterocycles. The van der Waals surface area contributed by atoms with E-state index in [1.165, 1.54) is 51.4 Å². The van der Waals surface area contributed by atoms with E-state index in [0.29, 0.717) is 24.7 Å². The maximum Gasteiger partial charge on any atom is 0.338 e. The van der Waals surface area contributed by atoms with Crippen molar-refractivity contribution < 1.29 is 19.0 Å². The summed E-state index contributed by atoms with van der Waals surface area (Å²) in [6.45, 7) is 8.10. The fourth-order valence-electron chi connectivity index (χ4n) is 4.31. The molecule has 38 heavy (non-hydrogen) atoms. The van der Waals surface area contributed by atoms with E-state index in [1.54, 1.807) is 12.1 Å². The van der Waals surface area contributed by atoms with Crippen LogP contribution in [0.1, 0.15) is 101 Å². The Morgan fingerprint density at radius 2 is 1.29 bits per heavy atom. The molecule has 0 saturated heterocycles. The zero-order valence-corrected chi connectivity index (χ0v) is 23.7. The van der Waals surface area contributed by atoms with Crippen LogP contribution in [0.2, 0.25) is 0 Å². The van der Waals surface area contributed by atoms with Crippen LogP contribution in [0, 0.1) is 5.92 Å². The quantitative estimate of drug-likeness (QED) is 0.124. The van der Waals surface area contributed by atoms with Crippen molar-refractivity contribution >= 4 is 16.7 Å². The molecule has 4 nitrogen and oxygen atoms in total. The van der Waals surface area contributed by atoms with E-state index in [9.17, 15) is 4.79 Å². The van der Waals surface area contributed by atoms with Crippen LogP contribution in [-0.2, 0) is 11.3 Å². The summed E-state index contributed by atoms with van der Waals surface area (Å²) in [7, 11) is 0. The van der Waals surface area contributed by atoms with Gasteiger partial charge < -0.3 is 14.2 Å². The van der Waals surface area contributed by atoms with Gasteiger partial charge in [-0.25, -0.2) is 4.79 Å².